The standard InChI is InChI=1S/C31H25ClO4/c1-17-7-11-26-22(13-17)15-25(30(33)35-26)29(21-9-8-19-5-3-4-6-20(19)14-21)28-18(2)24-16-23(32)10-12-27(24)36-31(28)34/h7-16,29H,3-6H2,1-2H3. The van der Waals surface area contributed by atoms with Gasteiger partial charge in [0.15, 0.2) is 0 Å². The van der Waals surface area contributed by atoms with E-state index in [4.69, 9.17) is 20.4 Å². The molecule has 4 nitrogen and oxygen atoms in total. The number of halogens is 1. The van der Waals surface area contributed by atoms with Gasteiger partial charge in [-0.3, -0.25) is 0 Å². The average Bonchev–Trinajstić information content (AvgIpc) is 2.87. The minimum absolute atomic E-state index is 0.417. The minimum atomic E-state index is -0.641. The maximum atomic E-state index is 13.5. The molecule has 0 fully saturated rings. The molecule has 1 unspecified atom stereocenters. The van der Waals surface area contributed by atoms with Crippen LogP contribution in [0.25, 0.3) is 21.9 Å². The molecule has 2 aromatic heterocycles. The molecule has 0 saturated heterocycles. The Bertz CT molecular complexity index is 1780. The van der Waals surface area contributed by atoms with Crippen LogP contribution in [0.4, 0.5) is 0 Å². The fraction of sp³-hybridized carbons (Fsp3) is 0.226. The number of hydrogen-bond donors (Lipinski definition) is 0. The van der Waals surface area contributed by atoms with Crippen LogP contribution in [0.3, 0.4) is 0 Å². The van der Waals surface area contributed by atoms with Gasteiger partial charge in [0.1, 0.15) is 11.2 Å². The van der Waals surface area contributed by atoms with Gasteiger partial charge in [-0.05, 0) is 98.2 Å². The predicted octanol–water partition coefficient (Wildman–Crippen LogP) is 7.23. The topological polar surface area (TPSA) is 60.4 Å². The fourth-order valence-electron chi connectivity index (χ4n) is 5.57. The van der Waals surface area contributed by atoms with Gasteiger partial charge >= 0.3 is 11.3 Å². The van der Waals surface area contributed by atoms with Gasteiger partial charge < -0.3 is 8.83 Å². The zero-order valence-electron chi connectivity index (χ0n) is 20.2. The highest BCUT2D eigenvalue weighted by Crippen LogP contribution is 2.36. The van der Waals surface area contributed by atoms with Gasteiger partial charge in [0, 0.05) is 21.7 Å². The summed E-state index contributed by atoms with van der Waals surface area (Å²) in [6.45, 7) is 3.89. The number of hydrogen-bond acceptors (Lipinski definition) is 4. The van der Waals surface area contributed by atoms with E-state index in [0.29, 0.717) is 27.3 Å². The summed E-state index contributed by atoms with van der Waals surface area (Å²) in [6.07, 6.45) is 4.35. The van der Waals surface area contributed by atoms with Crippen molar-refractivity contribution < 1.29 is 8.83 Å². The van der Waals surface area contributed by atoms with E-state index in [1.807, 2.05) is 38.1 Å². The average molecular weight is 497 g/mol. The smallest absolute Gasteiger partial charge is 0.340 e. The summed E-state index contributed by atoms with van der Waals surface area (Å²) in [4.78, 5) is 26.9. The molecule has 6 rings (SSSR count). The van der Waals surface area contributed by atoms with Crippen LogP contribution in [0.5, 0.6) is 0 Å². The van der Waals surface area contributed by atoms with E-state index in [-0.39, 0.29) is 0 Å². The number of fused-ring (bicyclic) bond motifs is 3. The molecule has 5 heteroatoms. The molecule has 1 aliphatic carbocycles. The molecule has 0 radical (unpaired) electrons. The second-order valence-corrected chi connectivity index (χ2v) is 10.2. The third-order valence-corrected chi connectivity index (χ3v) is 7.63. The molecule has 0 aliphatic heterocycles. The first-order valence-corrected chi connectivity index (χ1v) is 12.7. The Hall–Kier alpha value is -3.63. The van der Waals surface area contributed by atoms with E-state index in [2.05, 4.69) is 12.1 Å². The van der Waals surface area contributed by atoms with E-state index in [0.717, 1.165) is 46.7 Å². The fourth-order valence-corrected chi connectivity index (χ4v) is 5.74. The van der Waals surface area contributed by atoms with Crippen molar-refractivity contribution in [2.24, 2.45) is 0 Å². The van der Waals surface area contributed by atoms with Gasteiger partial charge in [0.2, 0.25) is 0 Å². The molecule has 36 heavy (non-hydrogen) atoms. The van der Waals surface area contributed by atoms with E-state index >= 15 is 0 Å². The highest BCUT2D eigenvalue weighted by atomic mass is 35.5. The van der Waals surface area contributed by atoms with Crippen molar-refractivity contribution in [3.63, 3.8) is 0 Å². The molecule has 0 amide bonds. The van der Waals surface area contributed by atoms with E-state index < -0.39 is 17.2 Å². The zero-order valence-corrected chi connectivity index (χ0v) is 20.9. The second-order valence-electron chi connectivity index (χ2n) is 9.77. The Balaban J connectivity index is 1.68. The molecule has 1 aliphatic rings. The summed E-state index contributed by atoms with van der Waals surface area (Å²) >= 11 is 6.30. The van der Waals surface area contributed by atoms with Gasteiger partial charge in [0.05, 0.1) is 11.1 Å². The molecule has 3 aromatic carbocycles. The first kappa shape index (κ1) is 22.8. The lowest BCUT2D eigenvalue weighted by atomic mass is 9.81. The van der Waals surface area contributed by atoms with Crippen molar-refractivity contribution in [1.82, 2.24) is 0 Å². The summed E-state index contributed by atoms with van der Waals surface area (Å²) in [5, 5.41) is 2.12. The normalized spacial score (nSPS) is 14.2. The van der Waals surface area contributed by atoms with Gasteiger partial charge in [-0.1, -0.05) is 41.4 Å². The number of rotatable bonds is 3. The zero-order chi connectivity index (χ0) is 25.0. The molecule has 180 valence electrons. The second kappa shape index (κ2) is 8.79. The maximum Gasteiger partial charge on any atom is 0.340 e. The van der Waals surface area contributed by atoms with Crippen molar-refractivity contribution in [2.75, 3.05) is 0 Å². The lowest BCUT2D eigenvalue weighted by Gasteiger charge is -2.23. The Kier molecular flexibility index (Phi) is 5.57. The van der Waals surface area contributed by atoms with E-state index in [1.54, 1.807) is 24.3 Å². The maximum absolute atomic E-state index is 13.5. The van der Waals surface area contributed by atoms with Crippen LogP contribution < -0.4 is 11.3 Å². The predicted molar refractivity (Wildman–Crippen MR) is 143 cm³/mol. The monoisotopic (exact) mass is 496 g/mol. The van der Waals surface area contributed by atoms with E-state index in [1.165, 1.54) is 17.5 Å². The highest BCUT2D eigenvalue weighted by molar-refractivity contribution is 6.31. The van der Waals surface area contributed by atoms with Crippen LogP contribution in [0.2, 0.25) is 5.02 Å². The molecule has 5 aromatic rings. The van der Waals surface area contributed by atoms with Crippen LogP contribution in [0.15, 0.2) is 79.1 Å². The summed E-state index contributed by atoms with van der Waals surface area (Å²) < 4.78 is 11.5. The Morgan fingerprint density at radius 3 is 2.36 bits per heavy atom. The van der Waals surface area contributed by atoms with Gasteiger partial charge in [-0.25, -0.2) is 9.59 Å². The third kappa shape index (κ3) is 3.86. The first-order valence-electron chi connectivity index (χ1n) is 12.3. The molecule has 0 bridgehead atoms. The summed E-state index contributed by atoms with van der Waals surface area (Å²) in [5.74, 6) is -0.641. The minimum Gasteiger partial charge on any atom is -0.423 e. The largest absolute Gasteiger partial charge is 0.423 e. The summed E-state index contributed by atoms with van der Waals surface area (Å²) in [7, 11) is 0. The number of benzene rings is 3. The van der Waals surface area contributed by atoms with Gasteiger partial charge in [-0.15, -0.1) is 0 Å². The molecule has 1 atom stereocenters. The molecule has 0 N–H and O–H groups in total. The third-order valence-electron chi connectivity index (χ3n) is 7.39. The van der Waals surface area contributed by atoms with Crippen LogP contribution in [-0.2, 0) is 12.8 Å². The Morgan fingerprint density at radius 1 is 0.778 bits per heavy atom. The quantitative estimate of drug-likeness (QED) is 0.247. The van der Waals surface area contributed by atoms with Crippen LogP contribution in [-0.4, -0.2) is 0 Å². The summed E-state index contributed by atoms with van der Waals surface area (Å²) in [5.41, 5.74) is 6.21. The first-order chi connectivity index (χ1) is 17.4. The van der Waals surface area contributed by atoms with Crippen molar-refractivity contribution in [1.29, 1.82) is 0 Å². The number of aryl methyl sites for hydroxylation is 4. The van der Waals surface area contributed by atoms with Crippen LogP contribution >= 0.6 is 11.6 Å². The van der Waals surface area contributed by atoms with Crippen LogP contribution in [0, 0.1) is 13.8 Å². The highest BCUT2D eigenvalue weighted by Gasteiger charge is 2.29. The Labute approximate surface area is 213 Å². The van der Waals surface area contributed by atoms with Crippen molar-refractivity contribution in [2.45, 2.75) is 45.4 Å². The molecular formula is C31H25ClO4. The van der Waals surface area contributed by atoms with Crippen molar-refractivity contribution in [3.05, 3.63) is 125 Å². The van der Waals surface area contributed by atoms with Crippen LogP contribution in [0.1, 0.15) is 57.7 Å². The molecule has 0 spiro atoms. The molecule has 2 heterocycles. The van der Waals surface area contributed by atoms with Crippen molar-refractivity contribution >= 4 is 33.5 Å². The lowest BCUT2D eigenvalue weighted by molar-refractivity contribution is 0.534. The SMILES string of the molecule is Cc1ccc2oc(=O)c(C(c3ccc4c(c3)CCCC4)c3c(C)c4cc(Cl)ccc4oc3=O)cc2c1. The lowest BCUT2D eigenvalue weighted by Crippen LogP contribution is -2.22. The summed E-state index contributed by atoms with van der Waals surface area (Å²) in [6, 6.07) is 19.1. The molecular weight excluding hydrogens is 472 g/mol. The van der Waals surface area contributed by atoms with Gasteiger partial charge in [0.25, 0.3) is 0 Å². The Morgan fingerprint density at radius 2 is 1.53 bits per heavy atom. The van der Waals surface area contributed by atoms with Gasteiger partial charge in [-0.2, -0.15) is 0 Å². The van der Waals surface area contributed by atoms with Crippen molar-refractivity contribution in [3.8, 4) is 0 Å². The molecule has 0 saturated carbocycles. The van der Waals surface area contributed by atoms with E-state index in [9.17, 15) is 9.59 Å².